The minimum atomic E-state index is -4.62. The van der Waals surface area contributed by atoms with E-state index in [1.165, 1.54) is 0 Å². The molecule has 3 atom stereocenters. The first-order chi connectivity index (χ1) is 21.8. The zero-order valence-electron chi connectivity index (χ0n) is 26.3. The second-order valence-corrected chi connectivity index (χ2v) is 20.2. The van der Waals surface area contributed by atoms with Gasteiger partial charge in [-0.15, -0.1) is 16.9 Å². The van der Waals surface area contributed by atoms with Gasteiger partial charge in [0, 0.05) is 43.4 Å². The van der Waals surface area contributed by atoms with Gasteiger partial charge in [-0.1, -0.05) is 37.0 Å². The molecule has 0 radical (unpaired) electrons. The van der Waals surface area contributed by atoms with E-state index < -0.39 is 49.1 Å². The quantitative estimate of drug-likeness (QED) is 0.0955. The number of esters is 1. The molecule has 1 aliphatic heterocycles. The third-order valence-electron chi connectivity index (χ3n) is 8.92. The number of carbonyl (C=O) groups is 2. The fraction of sp³-hybridized carbons (Fsp3) is 0.545. The number of hydrogen-bond acceptors (Lipinski definition) is 8. The van der Waals surface area contributed by atoms with Gasteiger partial charge >= 0.3 is 12.1 Å². The minimum absolute atomic E-state index is 0.0467. The number of carbonyl (C=O) groups excluding carboxylic acids is 2. The highest BCUT2D eigenvalue weighted by Gasteiger charge is 2.46. The Morgan fingerprint density at radius 3 is 2.43 bits per heavy atom. The number of ether oxygens (including phenoxy) is 2. The normalized spacial score (nSPS) is 21.0. The Balaban J connectivity index is 1.35. The van der Waals surface area contributed by atoms with E-state index in [1.54, 1.807) is 23.9 Å². The summed E-state index contributed by atoms with van der Waals surface area (Å²) in [5.74, 6) is -1.05. The third kappa shape index (κ3) is 8.46. The summed E-state index contributed by atoms with van der Waals surface area (Å²) < 4.78 is 52.3. The number of alkyl halides is 3. The van der Waals surface area contributed by atoms with Crippen LogP contribution in [0.15, 0.2) is 52.2 Å². The zero-order valence-corrected chi connectivity index (χ0v) is 28.2. The highest BCUT2D eigenvalue weighted by molar-refractivity contribution is 7.99. The molecule has 1 aromatic heterocycles. The Bertz CT molecular complexity index is 1600. The number of Topliss-reactive ketones (excluding diaryl/α,β-unsaturated/α-hetero) is 1. The average Bonchev–Trinajstić information content (AvgIpc) is 3.44. The maximum absolute atomic E-state index is 13.9. The molecule has 0 amide bonds. The molecule has 0 spiro atoms. The van der Waals surface area contributed by atoms with Gasteiger partial charge in [0.25, 0.3) is 5.56 Å². The molecule has 0 unspecified atom stereocenters. The SMILES string of the molecule is C[Si](C)(C)CCOC(=O)[C@H]1[C@H](Cn2nnc3ccc(C(F)(F)F)cc3c2=O)CC[C@@H]1C(=O)c1ccc(SCC2CCOCC2)cc1. The zero-order chi connectivity index (χ0) is 33.1. The predicted octanol–water partition coefficient (Wildman–Crippen LogP) is 6.74. The lowest BCUT2D eigenvalue weighted by Gasteiger charge is -2.24. The van der Waals surface area contributed by atoms with Gasteiger partial charge in [-0.05, 0) is 73.9 Å². The number of nitrogens with zero attached hydrogens (tertiary/aromatic N) is 3. The van der Waals surface area contributed by atoms with Crippen molar-refractivity contribution in [2.24, 2.45) is 23.7 Å². The van der Waals surface area contributed by atoms with Crippen molar-refractivity contribution in [3.05, 3.63) is 63.9 Å². The lowest BCUT2D eigenvalue weighted by Crippen LogP contribution is -2.36. The van der Waals surface area contributed by atoms with Gasteiger partial charge in [0.05, 0.1) is 30.0 Å². The molecule has 1 aliphatic carbocycles. The fourth-order valence-electron chi connectivity index (χ4n) is 6.14. The first kappa shape index (κ1) is 34.3. The van der Waals surface area contributed by atoms with Crippen LogP contribution >= 0.6 is 11.8 Å². The van der Waals surface area contributed by atoms with E-state index in [-0.39, 0.29) is 29.8 Å². The van der Waals surface area contributed by atoms with Crippen molar-refractivity contribution in [2.45, 2.75) is 69.0 Å². The Morgan fingerprint density at radius 1 is 1.04 bits per heavy atom. The van der Waals surface area contributed by atoms with Crippen LogP contribution in [0.2, 0.25) is 25.7 Å². The topological polar surface area (TPSA) is 100 Å². The lowest BCUT2D eigenvalue weighted by atomic mass is 9.84. The van der Waals surface area contributed by atoms with Gasteiger partial charge < -0.3 is 9.47 Å². The van der Waals surface area contributed by atoms with Crippen molar-refractivity contribution in [3.63, 3.8) is 0 Å². The van der Waals surface area contributed by atoms with E-state index in [0.717, 1.165) is 65.6 Å². The summed E-state index contributed by atoms with van der Waals surface area (Å²) in [6.45, 7) is 8.28. The Kier molecular flexibility index (Phi) is 10.7. The molecule has 1 saturated carbocycles. The molecule has 0 bridgehead atoms. The molecule has 1 saturated heterocycles. The van der Waals surface area contributed by atoms with Crippen LogP contribution in [0.3, 0.4) is 0 Å². The van der Waals surface area contributed by atoms with Crippen molar-refractivity contribution in [2.75, 3.05) is 25.6 Å². The fourth-order valence-corrected chi connectivity index (χ4v) is 7.95. The molecule has 5 rings (SSSR count). The van der Waals surface area contributed by atoms with E-state index >= 15 is 0 Å². The molecule has 3 aromatic rings. The van der Waals surface area contributed by atoms with E-state index in [0.29, 0.717) is 24.3 Å². The minimum Gasteiger partial charge on any atom is -0.466 e. The van der Waals surface area contributed by atoms with Crippen LogP contribution in [-0.2, 0) is 27.0 Å². The summed E-state index contributed by atoms with van der Waals surface area (Å²) in [5, 5.41) is 7.73. The van der Waals surface area contributed by atoms with Gasteiger partial charge in [0.2, 0.25) is 0 Å². The van der Waals surface area contributed by atoms with Crippen molar-refractivity contribution < 1.29 is 32.2 Å². The second-order valence-electron chi connectivity index (χ2n) is 13.5. The van der Waals surface area contributed by atoms with Crippen molar-refractivity contribution in [3.8, 4) is 0 Å². The van der Waals surface area contributed by atoms with Crippen LogP contribution < -0.4 is 5.56 Å². The molecule has 248 valence electrons. The van der Waals surface area contributed by atoms with E-state index in [9.17, 15) is 27.6 Å². The monoisotopic (exact) mass is 675 g/mol. The molecular weight excluding hydrogens is 636 g/mol. The second kappa shape index (κ2) is 14.4. The number of rotatable bonds is 11. The first-order valence-electron chi connectivity index (χ1n) is 15.8. The lowest BCUT2D eigenvalue weighted by molar-refractivity contribution is -0.150. The number of benzene rings is 2. The average molecular weight is 676 g/mol. The molecule has 13 heteroatoms. The third-order valence-corrected chi connectivity index (χ3v) is 11.9. The van der Waals surface area contributed by atoms with Crippen LogP contribution in [0.25, 0.3) is 10.9 Å². The summed E-state index contributed by atoms with van der Waals surface area (Å²) in [5.41, 5.74) is -1.14. The highest BCUT2D eigenvalue weighted by atomic mass is 32.2. The van der Waals surface area contributed by atoms with Crippen LogP contribution in [-0.4, -0.2) is 60.4 Å². The van der Waals surface area contributed by atoms with Gasteiger partial charge in [-0.3, -0.25) is 14.4 Å². The van der Waals surface area contributed by atoms with Crippen LogP contribution in [0.4, 0.5) is 13.2 Å². The number of aromatic nitrogens is 3. The Hall–Kier alpha value is -3.03. The van der Waals surface area contributed by atoms with E-state index in [4.69, 9.17) is 9.47 Å². The molecular formula is C33H40F3N3O5SSi. The highest BCUT2D eigenvalue weighted by Crippen LogP contribution is 2.41. The summed E-state index contributed by atoms with van der Waals surface area (Å²) in [6.07, 6.45) is -1.68. The molecule has 2 heterocycles. The summed E-state index contributed by atoms with van der Waals surface area (Å²) in [7, 11) is -1.50. The Labute approximate surface area is 271 Å². The molecule has 0 N–H and O–H groups in total. The molecule has 46 heavy (non-hydrogen) atoms. The number of ketones is 1. The van der Waals surface area contributed by atoms with Crippen LogP contribution in [0.5, 0.6) is 0 Å². The smallest absolute Gasteiger partial charge is 0.416 e. The van der Waals surface area contributed by atoms with Gasteiger partial charge in [0.1, 0.15) is 5.52 Å². The maximum atomic E-state index is 13.9. The summed E-state index contributed by atoms with van der Waals surface area (Å²) in [6, 6.07) is 11.0. The molecule has 8 nitrogen and oxygen atoms in total. The van der Waals surface area contributed by atoms with Crippen LogP contribution in [0.1, 0.15) is 41.6 Å². The standard InChI is InChI=1S/C33H40F3N3O5SSi/c1-46(2,3)17-16-44-32(42)29-23(19-39-31(41)27-18-24(33(34,35)36)7-11-28(27)37-38-39)6-10-26(29)30(40)22-4-8-25(9-5-22)45-20-21-12-14-43-15-13-21/h4-5,7-9,11,18,21,23,26,29H,6,10,12-17,19-20H2,1-3H3/t23-,26-,29-/m0/s1. The van der Waals surface area contributed by atoms with Gasteiger partial charge in [-0.2, -0.15) is 13.2 Å². The van der Waals surface area contributed by atoms with Crippen molar-refractivity contribution in [1.82, 2.24) is 15.0 Å². The largest absolute Gasteiger partial charge is 0.466 e. The van der Waals surface area contributed by atoms with Crippen molar-refractivity contribution >= 4 is 42.5 Å². The Morgan fingerprint density at radius 2 is 1.76 bits per heavy atom. The van der Waals surface area contributed by atoms with E-state index in [1.807, 2.05) is 12.1 Å². The molecule has 2 aliphatic rings. The maximum Gasteiger partial charge on any atom is 0.416 e. The number of halogens is 3. The van der Waals surface area contributed by atoms with E-state index in [2.05, 4.69) is 30.0 Å². The van der Waals surface area contributed by atoms with Crippen molar-refractivity contribution in [1.29, 1.82) is 0 Å². The number of fused-ring (bicyclic) bond motifs is 1. The van der Waals surface area contributed by atoms with Gasteiger partial charge in [0.15, 0.2) is 5.78 Å². The summed E-state index contributed by atoms with van der Waals surface area (Å²) in [4.78, 5) is 41.8. The first-order valence-corrected chi connectivity index (χ1v) is 20.5. The van der Waals surface area contributed by atoms with Crippen LogP contribution in [0, 0.1) is 23.7 Å². The number of thioether (sulfide) groups is 1. The van der Waals surface area contributed by atoms with Gasteiger partial charge in [-0.25, -0.2) is 4.68 Å². The molecule has 2 fully saturated rings. The predicted molar refractivity (Wildman–Crippen MR) is 173 cm³/mol. The molecule has 2 aromatic carbocycles. The summed E-state index contributed by atoms with van der Waals surface area (Å²) >= 11 is 1.76. The number of hydrogen-bond donors (Lipinski definition) is 0.